The number of nitro benzene ring substituents is 1. The van der Waals surface area contributed by atoms with Crippen LogP contribution in [0.2, 0.25) is 0 Å². The zero-order chi connectivity index (χ0) is 10.8. The lowest BCUT2D eigenvalue weighted by Gasteiger charge is -2.09. The van der Waals surface area contributed by atoms with Gasteiger partial charge >= 0.3 is 0 Å². The fourth-order valence-electron chi connectivity index (χ4n) is 0.969. The third-order valence-corrected chi connectivity index (χ3v) is 2.27. The van der Waals surface area contributed by atoms with Crippen molar-refractivity contribution in [2.45, 2.75) is 0 Å². The average molecular weight is 214 g/mol. The molecule has 0 atom stereocenters. The highest BCUT2D eigenvalue weighted by Gasteiger charge is 2.08. The summed E-state index contributed by atoms with van der Waals surface area (Å²) in [5, 5.41) is 13.1. The van der Waals surface area contributed by atoms with Crippen LogP contribution in [0.25, 0.3) is 0 Å². The molecule has 5 nitrogen and oxygen atoms in total. The van der Waals surface area contributed by atoms with E-state index in [9.17, 15) is 14.7 Å². The zero-order valence-electron chi connectivity index (χ0n) is 7.93. The molecule has 0 saturated heterocycles. The minimum Gasteiger partial charge on any atom is -0.337 e. The standard InChI is InChI=1S/C8H11N2O3P/c1-14(2,13)9-7-3-5-8(6-4-7)10(11)12/h3-6H,1-2H3,(H,9,13). The number of rotatable bonds is 3. The highest BCUT2D eigenvalue weighted by Crippen LogP contribution is 2.36. The van der Waals surface area contributed by atoms with E-state index in [1.54, 1.807) is 13.3 Å². The summed E-state index contributed by atoms with van der Waals surface area (Å²) < 4.78 is 11.4. The molecule has 0 heterocycles. The quantitative estimate of drug-likeness (QED) is 0.476. The van der Waals surface area contributed by atoms with E-state index in [1.165, 1.54) is 24.3 Å². The van der Waals surface area contributed by atoms with Gasteiger partial charge in [-0.05, 0) is 12.1 Å². The van der Waals surface area contributed by atoms with Crippen molar-refractivity contribution in [1.82, 2.24) is 0 Å². The van der Waals surface area contributed by atoms with Crippen LogP contribution in [0.15, 0.2) is 24.3 Å². The van der Waals surface area contributed by atoms with Gasteiger partial charge in [0.15, 0.2) is 7.29 Å². The van der Waals surface area contributed by atoms with Gasteiger partial charge in [-0.2, -0.15) is 0 Å². The van der Waals surface area contributed by atoms with E-state index in [1.807, 2.05) is 0 Å². The number of hydrogen-bond donors (Lipinski definition) is 1. The Morgan fingerprint density at radius 3 is 2.14 bits per heavy atom. The fraction of sp³-hybridized carbons (Fsp3) is 0.250. The Hall–Kier alpha value is -1.35. The molecule has 6 heteroatoms. The molecule has 0 unspecified atom stereocenters. The summed E-state index contributed by atoms with van der Waals surface area (Å²) in [4.78, 5) is 9.86. The SMILES string of the molecule is CP(C)(=O)Nc1ccc([N+](=O)[O-])cc1. The molecule has 0 aromatic heterocycles. The Morgan fingerprint density at radius 1 is 1.29 bits per heavy atom. The predicted molar refractivity (Wildman–Crippen MR) is 56.2 cm³/mol. The van der Waals surface area contributed by atoms with Crippen molar-refractivity contribution in [3.8, 4) is 0 Å². The lowest BCUT2D eigenvalue weighted by molar-refractivity contribution is -0.384. The van der Waals surface area contributed by atoms with Crippen LogP contribution in [0.1, 0.15) is 0 Å². The third-order valence-electron chi connectivity index (χ3n) is 1.48. The summed E-state index contributed by atoms with van der Waals surface area (Å²) in [6, 6.07) is 5.82. The predicted octanol–water partition coefficient (Wildman–Crippen LogP) is 2.54. The van der Waals surface area contributed by atoms with Crippen molar-refractivity contribution in [1.29, 1.82) is 0 Å². The van der Waals surface area contributed by atoms with E-state index in [0.29, 0.717) is 5.69 Å². The Labute approximate surface area is 81.7 Å². The van der Waals surface area contributed by atoms with Crippen molar-refractivity contribution >= 4 is 18.7 Å². The van der Waals surface area contributed by atoms with E-state index in [-0.39, 0.29) is 5.69 Å². The van der Waals surface area contributed by atoms with E-state index < -0.39 is 12.2 Å². The molecule has 0 spiro atoms. The summed E-state index contributed by atoms with van der Waals surface area (Å²) in [5.74, 6) is 0. The first-order valence-electron chi connectivity index (χ1n) is 3.96. The molecule has 0 aliphatic carbocycles. The first kappa shape index (κ1) is 10.7. The lowest BCUT2D eigenvalue weighted by Crippen LogP contribution is -1.93. The van der Waals surface area contributed by atoms with Crippen LogP contribution in [0.3, 0.4) is 0 Å². The van der Waals surface area contributed by atoms with E-state index in [4.69, 9.17) is 0 Å². The van der Waals surface area contributed by atoms with Gasteiger partial charge in [-0.1, -0.05) is 0 Å². The average Bonchev–Trinajstić information content (AvgIpc) is 2.02. The molecule has 0 aliphatic rings. The minimum atomic E-state index is -2.35. The molecule has 0 bridgehead atoms. The maximum atomic E-state index is 11.4. The summed E-state index contributed by atoms with van der Waals surface area (Å²) in [7, 11) is -2.35. The number of benzene rings is 1. The second-order valence-corrected chi connectivity index (χ2v) is 6.19. The number of non-ortho nitro benzene ring substituents is 1. The molecular formula is C8H11N2O3P. The molecule has 14 heavy (non-hydrogen) atoms. The maximum absolute atomic E-state index is 11.4. The van der Waals surface area contributed by atoms with Crippen molar-refractivity contribution in [2.24, 2.45) is 0 Å². The third kappa shape index (κ3) is 3.18. The molecule has 0 saturated carbocycles. The van der Waals surface area contributed by atoms with Crippen LogP contribution in [0.4, 0.5) is 11.4 Å². The van der Waals surface area contributed by atoms with Crippen molar-refractivity contribution in [2.75, 3.05) is 18.4 Å². The van der Waals surface area contributed by atoms with Gasteiger partial charge in [0.05, 0.1) is 4.92 Å². The number of hydrogen-bond acceptors (Lipinski definition) is 3. The number of anilines is 1. The summed E-state index contributed by atoms with van der Waals surface area (Å²) in [5.41, 5.74) is 0.654. The molecule has 1 rings (SSSR count). The first-order chi connectivity index (χ1) is 6.38. The molecular weight excluding hydrogens is 203 g/mol. The highest BCUT2D eigenvalue weighted by molar-refractivity contribution is 7.63. The fourth-order valence-corrected chi connectivity index (χ4v) is 1.74. The molecule has 1 aromatic carbocycles. The van der Waals surface area contributed by atoms with Crippen LogP contribution in [-0.4, -0.2) is 18.3 Å². The van der Waals surface area contributed by atoms with Gasteiger partial charge in [0.2, 0.25) is 0 Å². The number of nitro groups is 1. The second kappa shape index (κ2) is 3.80. The van der Waals surface area contributed by atoms with E-state index in [0.717, 1.165) is 0 Å². The highest BCUT2D eigenvalue weighted by atomic mass is 31.2. The van der Waals surface area contributed by atoms with Crippen LogP contribution < -0.4 is 5.09 Å². The van der Waals surface area contributed by atoms with Crippen LogP contribution in [-0.2, 0) is 4.57 Å². The Kier molecular flexibility index (Phi) is 2.91. The molecule has 1 aromatic rings. The normalized spacial score (nSPS) is 11.0. The van der Waals surface area contributed by atoms with Gasteiger partial charge in [-0.15, -0.1) is 0 Å². The summed E-state index contributed by atoms with van der Waals surface area (Å²) >= 11 is 0. The smallest absolute Gasteiger partial charge is 0.269 e. The summed E-state index contributed by atoms with van der Waals surface area (Å²) in [6.45, 7) is 3.18. The Bertz CT molecular complexity index is 382. The van der Waals surface area contributed by atoms with Crippen LogP contribution in [0, 0.1) is 10.1 Å². The summed E-state index contributed by atoms with van der Waals surface area (Å²) in [6.07, 6.45) is 0. The van der Waals surface area contributed by atoms with Gasteiger partial charge in [-0.3, -0.25) is 10.1 Å². The minimum absolute atomic E-state index is 0.0255. The van der Waals surface area contributed by atoms with Crippen LogP contribution in [0.5, 0.6) is 0 Å². The monoisotopic (exact) mass is 214 g/mol. The largest absolute Gasteiger partial charge is 0.337 e. The molecule has 0 radical (unpaired) electrons. The van der Waals surface area contributed by atoms with Gasteiger partial charge < -0.3 is 9.65 Å². The van der Waals surface area contributed by atoms with Gasteiger partial charge in [0, 0.05) is 31.1 Å². The van der Waals surface area contributed by atoms with Crippen molar-refractivity contribution in [3.05, 3.63) is 34.4 Å². The zero-order valence-corrected chi connectivity index (χ0v) is 8.82. The number of nitrogens with zero attached hydrogens (tertiary/aromatic N) is 1. The van der Waals surface area contributed by atoms with Crippen molar-refractivity contribution < 1.29 is 9.49 Å². The van der Waals surface area contributed by atoms with Crippen molar-refractivity contribution in [3.63, 3.8) is 0 Å². The Morgan fingerprint density at radius 2 is 1.79 bits per heavy atom. The molecule has 0 aliphatic heterocycles. The van der Waals surface area contributed by atoms with Crippen LogP contribution >= 0.6 is 7.29 Å². The van der Waals surface area contributed by atoms with Gasteiger partial charge in [-0.25, -0.2) is 0 Å². The first-order valence-corrected chi connectivity index (χ1v) is 6.56. The molecule has 0 amide bonds. The maximum Gasteiger partial charge on any atom is 0.269 e. The molecule has 76 valence electrons. The molecule has 0 fully saturated rings. The van der Waals surface area contributed by atoms with Gasteiger partial charge in [0.1, 0.15) is 0 Å². The topological polar surface area (TPSA) is 72.2 Å². The lowest BCUT2D eigenvalue weighted by atomic mass is 10.3. The van der Waals surface area contributed by atoms with Gasteiger partial charge in [0.25, 0.3) is 5.69 Å². The number of nitrogens with one attached hydrogen (secondary N) is 1. The van der Waals surface area contributed by atoms with E-state index in [2.05, 4.69) is 5.09 Å². The Balaban J connectivity index is 2.84. The molecule has 1 N–H and O–H groups in total. The second-order valence-electron chi connectivity index (χ2n) is 3.27. The van der Waals surface area contributed by atoms with E-state index >= 15 is 0 Å².